The number of hydrogen-bond acceptors (Lipinski definition) is 4. The van der Waals surface area contributed by atoms with Gasteiger partial charge in [-0.3, -0.25) is 0 Å². The summed E-state index contributed by atoms with van der Waals surface area (Å²) in [6, 6.07) is 13.4. The van der Waals surface area contributed by atoms with Crippen LogP contribution in [0.3, 0.4) is 0 Å². The lowest BCUT2D eigenvalue weighted by molar-refractivity contribution is 0.319. The van der Waals surface area contributed by atoms with Gasteiger partial charge in [0.2, 0.25) is 5.88 Å². The summed E-state index contributed by atoms with van der Waals surface area (Å²) in [6.07, 6.45) is 0. The Morgan fingerprint density at radius 2 is 1.80 bits per heavy atom. The van der Waals surface area contributed by atoms with E-state index in [2.05, 4.69) is 17.2 Å². The Bertz CT molecular complexity index is 544. The molecule has 4 heteroatoms. The number of benzene rings is 1. The molecule has 0 unspecified atom stereocenters. The highest BCUT2D eigenvalue weighted by Gasteiger charge is 2.06. The van der Waals surface area contributed by atoms with Crippen molar-refractivity contribution in [2.45, 2.75) is 20.4 Å². The van der Waals surface area contributed by atoms with Crippen molar-refractivity contribution in [3.05, 3.63) is 48.2 Å². The SMILES string of the molecule is CCNCc1cccc(Oc2ccccc2OCC)n1. The van der Waals surface area contributed by atoms with Crippen LogP contribution in [0.1, 0.15) is 19.5 Å². The van der Waals surface area contributed by atoms with E-state index in [1.54, 1.807) is 0 Å². The van der Waals surface area contributed by atoms with Gasteiger partial charge in [-0.1, -0.05) is 25.1 Å². The normalized spacial score (nSPS) is 10.3. The Balaban J connectivity index is 2.13. The molecule has 0 saturated carbocycles. The molecule has 4 nitrogen and oxygen atoms in total. The molecule has 20 heavy (non-hydrogen) atoms. The lowest BCUT2D eigenvalue weighted by Gasteiger charge is -2.11. The number of ether oxygens (including phenoxy) is 2. The van der Waals surface area contributed by atoms with Crippen molar-refractivity contribution in [3.63, 3.8) is 0 Å². The maximum absolute atomic E-state index is 5.82. The second-order valence-electron chi connectivity index (χ2n) is 4.23. The third-order valence-corrected chi connectivity index (χ3v) is 2.70. The van der Waals surface area contributed by atoms with Crippen molar-refractivity contribution >= 4 is 0 Å². The molecule has 106 valence electrons. The first-order valence-electron chi connectivity index (χ1n) is 6.89. The molecule has 0 amide bonds. The Morgan fingerprint density at radius 1 is 1.00 bits per heavy atom. The van der Waals surface area contributed by atoms with E-state index in [1.165, 1.54) is 0 Å². The summed E-state index contributed by atoms with van der Waals surface area (Å²) in [4.78, 5) is 4.47. The smallest absolute Gasteiger partial charge is 0.219 e. The van der Waals surface area contributed by atoms with Crippen LogP contribution >= 0.6 is 0 Å². The molecular weight excluding hydrogens is 252 g/mol. The summed E-state index contributed by atoms with van der Waals surface area (Å²) in [6.45, 7) is 6.28. The van der Waals surface area contributed by atoms with E-state index >= 15 is 0 Å². The van der Waals surface area contributed by atoms with Crippen molar-refractivity contribution in [2.24, 2.45) is 0 Å². The minimum absolute atomic E-state index is 0.576. The third kappa shape index (κ3) is 3.96. The van der Waals surface area contributed by atoms with E-state index in [1.807, 2.05) is 49.4 Å². The summed E-state index contributed by atoms with van der Waals surface area (Å²) >= 11 is 0. The van der Waals surface area contributed by atoms with Crippen molar-refractivity contribution in [1.82, 2.24) is 10.3 Å². The average Bonchev–Trinajstić information content (AvgIpc) is 2.48. The van der Waals surface area contributed by atoms with Gasteiger partial charge in [0.15, 0.2) is 11.5 Å². The number of rotatable bonds is 7. The number of para-hydroxylation sites is 2. The fourth-order valence-electron chi connectivity index (χ4n) is 1.79. The van der Waals surface area contributed by atoms with Gasteiger partial charge in [-0.15, -0.1) is 0 Å². The number of nitrogens with zero attached hydrogens (tertiary/aromatic N) is 1. The zero-order valence-electron chi connectivity index (χ0n) is 11.9. The summed E-state index contributed by atoms with van der Waals surface area (Å²) in [5, 5.41) is 3.24. The molecule has 2 aromatic rings. The van der Waals surface area contributed by atoms with Crippen LogP contribution in [0.25, 0.3) is 0 Å². The van der Waals surface area contributed by atoms with Gasteiger partial charge in [-0.25, -0.2) is 4.98 Å². The molecule has 0 aliphatic rings. The lowest BCUT2D eigenvalue weighted by atomic mass is 10.3. The van der Waals surface area contributed by atoms with E-state index in [4.69, 9.17) is 9.47 Å². The molecule has 2 rings (SSSR count). The zero-order valence-corrected chi connectivity index (χ0v) is 11.9. The van der Waals surface area contributed by atoms with Crippen molar-refractivity contribution in [2.75, 3.05) is 13.2 Å². The van der Waals surface area contributed by atoms with Crippen LogP contribution in [0.4, 0.5) is 0 Å². The lowest BCUT2D eigenvalue weighted by Crippen LogP contribution is -2.12. The van der Waals surface area contributed by atoms with Crippen LogP contribution < -0.4 is 14.8 Å². The first-order valence-corrected chi connectivity index (χ1v) is 6.89. The molecule has 1 N–H and O–H groups in total. The summed E-state index contributed by atoms with van der Waals surface area (Å²) in [5.74, 6) is 1.99. The second kappa shape index (κ2) is 7.50. The summed E-state index contributed by atoms with van der Waals surface area (Å²) < 4.78 is 11.4. The van der Waals surface area contributed by atoms with Crippen LogP contribution in [0, 0.1) is 0 Å². The highest BCUT2D eigenvalue weighted by Crippen LogP contribution is 2.30. The van der Waals surface area contributed by atoms with Gasteiger partial charge in [0.05, 0.1) is 12.3 Å². The van der Waals surface area contributed by atoms with Crippen molar-refractivity contribution in [1.29, 1.82) is 0 Å². The van der Waals surface area contributed by atoms with Crippen LogP contribution in [0.15, 0.2) is 42.5 Å². The molecule has 0 radical (unpaired) electrons. The van der Waals surface area contributed by atoms with Crippen LogP contribution in [0.2, 0.25) is 0 Å². The molecular formula is C16H20N2O2. The van der Waals surface area contributed by atoms with Crippen molar-refractivity contribution in [3.8, 4) is 17.4 Å². The molecule has 0 saturated heterocycles. The van der Waals surface area contributed by atoms with Crippen LogP contribution in [-0.2, 0) is 6.54 Å². The number of hydrogen-bond donors (Lipinski definition) is 1. The molecule has 0 bridgehead atoms. The minimum Gasteiger partial charge on any atom is -0.490 e. The first-order chi connectivity index (χ1) is 9.83. The fourth-order valence-corrected chi connectivity index (χ4v) is 1.79. The predicted molar refractivity (Wildman–Crippen MR) is 79.3 cm³/mol. The Hall–Kier alpha value is -2.07. The number of pyridine rings is 1. The van der Waals surface area contributed by atoms with E-state index in [-0.39, 0.29) is 0 Å². The van der Waals surface area contributed by atoms with Gasteiger partial charge >= 0.3 is 0 Å². The predicted octanol–water partition coefficient (Wildman–Crippen LogP) is 3.38. The minimum atomic E-state index is 0.576. The van der Waals surface area contributed by atoms with Gasteiger partial charge in [0.1, 0.15) is 0 Å². The topological polar surface area (TPSA) is 43.4 Å². The maximum Gasteiger partial charge on any atom is 0.219 e. The largest absolute Gasteiger partial charge is 0.490 e. The fraction of sp³-hybridized carbons (Fsp3) is 0.312. The highest BCUT2D eigenvalue weighted by molar-refractivity contribution is 5.41. The van der Waals surface area contributed by atoms with Gasteiger partial charge in [0, 0.05) is 12.6 Å². The highest BCUT2D eigenvalue weighted by atomic mass is 16.5. The molecule has 1 heterocycles. The third-order valence-electron chi connectivity index (χ3n) is 2.70. The molecule has 0 atom stereocenters. The molecule has 1 aromatic heterocycles. The Kier molecular flexibility index (Phi) is 5.38. The first kappa shape index (κ1) is 14.3. The van der Waals surface area contributed by atoms with E-state index in [9.17, 15) is 0 Å². The van der Waals surface area contributed by atoms with E-state index < -0.39 is 0 Å². The second-order valence-corrected chi connectivity index (χ2v) is 4.23. The molecule has 0 aliphatic heterocycles. The summed E-state index contributed by atoms with van der Waals surface area (Å²) in [7, 11) is 0. The monoisotopic (exact) mass is 272 g/mol. The number of nitrogens with one attached hydrogen (secondary N) is 1. The van der Waals surface area contributed by atoms with Crippen LogP contribution in [-0.4, -0.2) is 18.1 Å². The van der Waals surface area contributed by atoms with Crippen molar-refractivity contribution < 1.29 is 9.47 Å². The summed E-state index contributed by atoms with van der Waals surface area (Å²) in [5.41, 5.74) is 0.957. The number of aromatic nitrogens is 1. The van der Waals surface area contributed by atoms with Gasteiger partial charge in [-0.05, 0) is 31.7 Å². The zero-order chi connectivity index (χ0) is 14.2. The van der Waals surface area contributed by atoms with E-state index in [0.29, 0.717) is 18.2 Å². The molecule has 0 aliphatic carbocycles. The van der Waals surface area contributed by atoms with Crippen LogP contribution in [0.5, 0.6) is 17.4 Å². The Morgan fingerprint density at radius 3 is 2.55 bits per heavy atom. The van der Waals surface area contributed by atoms with Gasteiger partial charge < -0.3 is 14.8 Å². The molecule has 1 aromatic carbocycles. The average molecular weight is 272 g/mol. The standard InChI is InChI=1S/C16H20N2O2/c1-3-17-12-13-8-7-11-16(18-13)20-15-10-6-5-9-14(15)19-4-2/h5-11,17H,3-4,12H2,1-2H3. The molecule has 0 fully saturated rings. The maximum atomic E-state index is 5.82. The van der Waals surface area contributed by atoms with E-state index in [0.717, 1.165) is 24.5 Å². The van der Waals surface area contributed by atoms with Gasteiger partial charge in [0.25, 0.3) is 0 Å². The molecule has 0 spiro atoms. The Labute approximate surface area is 119 Å². The van der Waals surface area contributed by atoms with Gasteiger partial charge in [-0.2, -0.15) is 0 Å². The quantitative estimate of drug-likeness (QED) is 0.839.